The summed E-state index contributed by atoms with van der Waals surface area (Å²) in [4.78, 5) is 0.329. The second kappa shape index (κ2) is 6.50. The summed E-state index contributed by atoms with van der Waals surface area (Å²) in [5.41, 5.74) is 6.56. The van der Waals surface area contributed by atoms with Crippen LogP contribution in [-0.2, 0) is 16.6 Å². The third-order valence-electron chi connectivity index (χ3n) is 4.24. The highest BCUT2D eigenvalue weighted by Gasteiger charge is 2.26. The molecule has 0 aromatic carbocycles. The van der Waals surface area contributed by atoms with Crippen LogP contribution in [0.15, 0.2) is 17.2 Å². The number of aromatic nitrogens is 1. The van der Waals surface area contributed by atoms with Gasteiger partial charge in [0.05, 0.1) is 4.90 Å². The molecule has 1 heterocycles. The SMILES string of the molecule is CC1CCCC(NS(=O)(=O)c2cc(CN)n(C(C)C)c2)C1. The molecule has 6 heteroatoms. The van der Waals surface area contributed by atoms with Crippen molar-refractivity contribution >= 4 is 10.0 Å². The third kappa shape index (κ3) is 3.87. The lowest BCUT2D eigenvalue weighted by Gasteiger charge is -2.27. The number of rotatable bonds is 5. The van der Waals surface area contributed by atoms with Crippen molar-refractivity contribution in [3.05, 3.63) is 18.0 Å². The molecule has 0 spiro atoms. The van der Waals surface area contributed by atoms with E-state index in [1.54, 1.807) is 12.3 Å². The minimum Gasteiger partial charge on any atom is -0.346 e. The highest BCUT2D eigenvalue weighted by Crippen LogP contribution is 2.25. The maximum Gasteiger partial charge on any atom is 0.242 e. The van der Waals surface area contributed by atoms with Gasteiger partial charge in [-0.3, -0.25) is 0 Å². The summed E-state index contributed by atoms with van der Waals surface area (Å²) >= 11 is 0. The Morgan fingerprint density at radius 1 is 1.43 bits per heavy atom. The summed E-state index contributed by atoms with van der Waals surface area (Å²) in [6.45, 7) is 6.56. The fourth-order valence-corrected chi connectivity index (χ4v) is 4.45. The minimum absolute atomic E-state index is 0.0578. The lowest BCUT2D eigenvalue weighted by molar-refractivity contribution is 0.327. The minimum atomic E-state index is -3.45. The average molecular weight is 313 g/mol. The zero-order valence-corrected chi connectivity index (χ0v) is 14.0. The van der Waals surface area contributed by atoms with E-state index in [9.17, 15) is 8.42 Å². The summed E-state index contributed by atoms with van der Waals surface area (Å²) in [5, 5.41) is 0. The Bertz CT molecular complexity index is 578. The first kappa shape index (κ1) is 16.5. The summed E-state index contributed by atoms with van der Waals surface area (Å²) in [6, 6.07) is 1.94. The van der Waals surface area contributed by atoms with E-state index in [0.29, 0.717) is 17.4 Å². The van der Waals surface area contributed by atoms with Gasteiger partial charge in [-0.15, -0.1) is 0 Å². The number of nitrogens with two attached hydrogens (primary N) is 1. The van der Waals surface area contributed by atoms with Crippen molar-refractivity contribution < 1.29 is 8.42 Å². The number of hydrogen-bond acceptors (Lipinski definition) is 3. The topological polar surface area (TPSA) is 77.1 Å². The van der Waals surface area contributed by atoms with Crippen molar-refractivity contribution in [2.24, 2.45) is 11.7 Å². The smallest absolute Gasteiger partial charge is 0.242 e. The summed E-state index contributed by atoms with van der Waals surface area (Å²) in [6.07, 6.45) is 5.84. The van der Waals surface area contributed by atoms with Gasteiger partial charge >= 0.3 is 0 Å². The lowest BCUT2D eigenvalue weighted by atomic mass is 9.88. The molecule has 2 rings (SSSR count). The third-order valence-corrected chi connectivity index (χ3v) is 5.73. The van der Waals surface area contributed by atoms with Crippen LogP contribution in [0.2, 0.25) is 0 Å². The largest absolute Gasteiger partial charge is 0.346 e. The maximum atomic E-state index is 12.5. The van der Waals surface area contributed by atoms with E-state index in [0.717, 1.165) is 25.0 Å². The van der Waals surface area contributed by atoms with Crippen molar-refractivity contribution in [3.8, 4) is 0 Å². The van der Waals surface area contributed by atoms with Crippen molar-refractivity contribution in [2.75, 3.05) is 0 Å². The van der Waals surface area contributed by atoms with Gasteiger partial charge in [-0.25, -0.2) is 13.1 Å². The van der Waals surface area contributed by atoms with E-state index < -0.39 is 10.0 Å². The predicted molar refractivity (Wildman–Crippen MR) is 84.4 cm³/mol. The lowest BCUT2D eigenvalue weighted by Crippen LogP contribution is -2.37. The molecule has 1 aromatic heterocycles. The first-order valence-electron chi connectivity index (χ1n) is 7.76. The predicted octanol–water partition coefficient (Wildman–Crippen LogP) is 2.38. The first-order chi connectivity index (χ1) is 9.83. The monoisotopic (exact) mass is 313 g/mol. The highest BCUT2D eigenvalue weighted by atomic mass is 32.2. The Morgan fingerprint density at radius 2 is 2.14 bits per heavy atom. The van der Waals surface area contributed by atoms with Crippen LogP contribution in [0.5, 0.6) is 0 Å². The summed E-state index contributed by atoms with van der Waals surface area (Å²) in [5.74, 6) is 0.589. The molecular weight excluding hydrogens is 286 g/mol. The fourth-order valence-electron chi connectivity index (χ4n) is 3.12. The van der Waals surface area contributed by atoms with E-state index in [1.807, 2.05) is 18.4 Å². The van der Waals surface area contributed by atoms with Crippen molar-refractivity contribution in [1.82, 2.24) is 9.29 Å². The summed E-state index contributed by atoms with van der Waals surface area (Å²) in [7, 11) is -3.45. The van der Waals surface area contributed by atoms with Crippen molar-refractivity contribution in [1.29, 1.82) is 0 Å². The van der Waals surface area contributed by atoms with Gasteiger partial charge in [0.1, 0.15) is 0 Å². The molecule has 1 aliphatic rings. The van der Waals surface area contributed by atoms with Crippen LogP contribution in [0, 0.1) is 5.92 Å². The van der Waals surface area contributed by atoms with Crippen molar-refractivity contribution in [3.63, 3.8) is 0 Å². The fraction of sp³-hybridized carbons (Fsp3) is 0.733. The Balaban J connectivity index is 2.19. The van der Waals surface area contributed by atoms with Gasteiger partial charge in [0.2, 0.25) is 10.0 Å². The molecule has 1 aromatic rings. The second-order valence-corrected chi connectivity index (χ2v) is 8.18. The number of nitrogens with zero attached hydrogens (tertiary/aromatic N) is 1. The van der Waals surface area contributed by atoms with Crippen LogP contribution < -0.4 is 10.5 Å². The van der Waals surface area contributed by atoms with Gasteiger partial charge in [0.25, 0.3) is 0 Å². The standard InChI is InChI=1S/C15H27N3O2S/c1-11(2)18-10-15(8-14(18)9-16)21(19,20)17-13-6-4-5-12(3)7-13/h8,10-13,17H,4-7,9,16H2,1-3H3. The van der Waals surface area contributed by atoms with Gasteiger partial charge in [-0.05, 0) is 38.7 Å². The highest BCUT2D eigenvalue weighted by molar-refractivity contribution is 7.89. The molecule has 5 nitrogen and oxygen atoms in total. The van der Waals surface area contributed by atoms with E-state index in [4.69, 9.17) is 5.73 Å². The van der Waals surface area contributed by atoms with Crippen LogP contribution in [0.25, 0.3) is 0 Å². The van der Waals surface area contributed by atoms with Gasteiger partial charge < -0.3 is 10.3 Å². The number of sulfonamides is 1. The normalized spacial score (nSPS) is 23.7. The molecule has 3 N–H and O–H groups in total. The Morgan fingerprint density at radius 3 is 2.67 bits per heavy atom. The molecule has 0 bridgehead atoms. The van der Waals surface area contributed by atoms with E-state index in [1.165, 1.54) is 6.42 Å². The molecule has 1 fully saturated rings. The molecule has 0 aliphatic heterocycles. The molecule has 1 saturated carbocycles. The van der Waals surface area contributed by atoms with Crippen LogP contribution in [0.3, 0.4) is 0 Å². The van der Waals surface area contributed by atoms with Crippen LogP contribution in [0.4, 0.5) is 0 Å². The molecular formula is C15H27N3O2S. The van der Waals surface area contributed by atoms with Gasteiger partial charge in [-0.2, -0.15) is 0 Å². The van der Waals surface area contributed by atoms with Gasteiger partial charge in [0.15, 0.2) is 0 Å². The molecule has 0 saturated heterocycles. The molecule has 21 heavy (non-hydrogen) atoms. The Kier molecular flexibility index (Phi) is 5.11. The molecule has 2 unspecified atom stereocenters. The van der Waals surface area contributed by atoms with E-state index >= 15 is 0 Å². The quantitative estimate of drug-likeness (QED) is 0.876. The molecule has 120 valence electrons. The first-order valence-corrected chi connectivity index (χ1v) is 9.25. The van der Waals surface area contributed by atoms with E-state index in [-0.39, 0.29) is 12.1 Å². The van der Waals surface area contributed by atoms with Gasteiger partial charge in [0, 0.05) is 30.5 Å². The molecule has 2 atom stereocenters. The van der Waals surface area contributed by atoms with E-state index in [2.05, 4.69) is 11.6 Å². The van der Waals surface area contributed by atoms with Gasteiger partial charge in [-0.1, -0.05) is 19.8 Å². The van der Waals surface area contributed by atoms with Crippen LogP contribution in [0.1, 0.15) is 58.2 Å². The zero-order valence-electron chi connectivity index (χ0n) is 13.2. The molecule has 1 aliphatic carbocycles. The van der Waals surface area contributed by atoms with Crippen LogP contribution in [-0.4, -0.2) is 19.0 Å². The summed E-state index contributed by atoms with van der Waals surface area (Å²) < 4.78 is 29.9. The molecule has 0 radical (unpaired) electrons. The number of hydrogen-bond donors (Lipinski definition) is 2. The number of nitrogens with one attached hydrogen (secondary N) is 1. The second-order valence-electron chi connectivity index (χ2n) is 6.46. The maximum absolute atomic E-state index is 12.5. The zero-order chi connectivity index (χ0) is 15.6. The Hall–Kier alpha value is -0.850. The Labute approximate surface area is 128 Å². The van der Waals surface area contributed by atoms with Crippen molar-refractivity contribution in [2.45, 2.75) is 70.0 Å². The van der Waals surface area contributed by atoms with Crippen LogP contribution >= 0.6 is 0 Å². The average Bonchev–Trinajstić information content (AvgIpc) is 2.83. The molecule has 0 amide bonds.